The summed E-state index contributed by atoms with van der Waals surface area (Å²) in [5.74, 6) is 0.339. The number of hydrogen-bond acceptors (Lipinski definition) is 5. The summed E-state index contributed by atoms with van der Waals surface area (Å²) in [5, 5.41) is 16.1. The van der Waals surface area contributed by atoms with E-state index in [0.717, 1.165) is 32.6 Å². The summed E-state index contributed by atoms with van der Waals surface area (Å²) < 4.78 is 7.62. The van der Waals surface area contributed by atoms with Gasteiger partial charge in [-0.15, -0.1) is 5.10 Å². The number of hydrazine groups is 1. The molecule has 0 radical (unpaired) electrons. The molecule has 1 atom stereocenters. The van der Waals surface area contributed by atoms with Crippen LogP contribution in [-0.4, -0.2) is 50.4 Å². The van der Waals surface area contributed by atoms with Crippen molar-refractivity contribution in [2.75, 3.05) is 18.5 Å². The van der Waals surface area contributed by atoms with Crippen LogP contribution in [0.25, 0.3) is 22.0 Å². The average molecular weight is 724 g/mol. The fourth-order valence-corrected chi connectivity index (χ4v) is 7.41. The molecule has 10 heteroatoms. The molecule has 1 aromatic heterocycles. The van der Waals surface area contributed by atoms with Crippen LogP contribution in [0.3, 0.4) is 0 Å². The Hall–Kier alpha value is -5.98. The number of hydrogen-bond donors (Lipinski definition) is 1. The number of amides is 1. The van der Waals surface area contributed by atoms with E-state index in [-0.39, 0.29) is 6.54 Å². The first-order valence-corrected chi connectivity index (χ1v) is 18.1. The SMILES string of the molecule is CC(C)(C)OC(=O)N1CCC[C@@H]([N+](=O)Nc2nn(C(c3ccccc3)(c3ccccc3)c3ccccc3)c3ccc(-c4cc(C#N)ccc4Cl)cc23)C1. The molecule has 0 unspecified atom stereocenters. The van der Waals surface area contributed by atoms with Gasteiger partial charge in [0.15, 0.2) is 0 Å². The molecule has 266 valence electrons. The van der Waals surface area contributed by atoms with Crippen molar-refractivity contribution in [1.82, 2.24) is 14.7 Å². The second-order valence-electron chi connectivity index (χ2n) is 14.3. The Morgan fingerprint density at radius 1 is 0.887 bits per heavy atom. The Labute approximate surface area is 313 Å². The minimum atomic E-state index is -0.964. The van der Waals surface area contributed by atoms with Gasteiger partial charge in [0, 0.05) is 23.6 Å². The molecule has 0 bridgehead atoms. The maximum absolute atomic E-state index is 14.1. The fourth-order valence-electron chi connectivity index (χ4n) is 7.18. The quantitative estimate of drug-likeness (QED) is 0.0953. The summed E-state index contributed by atoms with van der Waals surface area (Å²) >= 11 is 6.72. The molecule has 1 aliphatic rings. The van der Waals surface area contributed by atoms with E-state index in [1.165, 1.54) is 0 Å². The molecular weight excluding hydrogens is 684 g/mol. The summed E-state index contributed by atoms with van der Waals surface area (Å²) in [5.41, 5.74) is 7.10. The lowest BCUT2D eigenvalue weighted by Gasteiger charge is -2.37. The summed E-state index contributed by atoms with van der Waals surface area (Å²) in [4.78, 5) is 29.5. The van der Waals surface area contributed by atoms with E-state index in [1.54, 1.807) is 23.1 Å². The molecule has 0 spiro atoms. The lowest BCUT2D eigenvalue weighted by Crippen LogP contribution is -2.48. The van der Waals surface area contributed by atoms with Crippen molar-refractivity contribution in [3.63, 3.8) is 0 Å². The third-order valence-electron chi connectivity index (χ3n) is 9.57. The van der Waals surface area contributed by atoms with Crippen LogP contribution in [0.1, 0.15) is 55.9 Å². The number of ether oxygens (including phenoxy) is 1. The van der Waals surface area contributed by atoms with Crippen LogP contribution in [0.2, 0.25) is 5.02 Å². The van der Waals surface area contributed by atoms with E-state index < -0.39 is 23.3 Å². The lowest BCUT2D eigenvalue weighted by atomic mass is 9.77. The van der Waals surface area contributed by atoms with Gasteiger partial charge in [-0.25, -0.2) is 9.48 Å². The van der Waals surface area contributed by atoms with Crippen LogP contribution in [0.4, 0.5) is 10.6 Å². The van der Waals surface area contributed by atoms with Crippen molar-refractivity contribution in [2.45, 2.75) is 50.8 Å². The zero-order valence-electron chi connectivity index (χ0n) is 29.9. The van der Waals surface area contributed by atoms with E-state index in [1.807, 2.05) is 98.2 Å². The monoisotopic (exact) mass is 723 g/mol. The van der Waals surface area contributed by atoms with Crippen molar-refractivity contribution in [2.24, 2.45) is 0 Å². The highest BCUT2D eigenvalue weighted by Gasteiger charge is 2.42. The second kappa shape index (κ2) is 14.6. The Bertz CT molecular complexity index is 2220. The number of carbonyl (C=O) groups excluding carboxylic acids is 1. The number of benzene rings is 5. The van der Waals surface area contributed by atoms with E-state index >= 15 is 0 Å². The van der Waals surface area contributed by atoms with Crippen LogP contribution in [0.5, 0.6) is 0 Å². The zero-order valence-corrected chi connectivity index (χ0v) is 30.6. The van der Waals surface area contributed by atoms with Crippen LogP contribution in [0.15, 0.2) is 127 Å². The number of piperidine rings is 1. The summed E-state index contributed by atoms with van der Waals surface area (Å²) in [6.07, 6.45) is 0.791. The average Bonchev–Trinajstić information content (AvgIpc) is 3.53. The van der Waals surface area contributed by atoms with Crippen molar-refractivity contribution in [3.05, 3.63) is 160 Å². The topological polar surface area (TPSA) is 103 Å². The molecule has 1 amide bonds. The molecule has 53 heavy (non-hydrogen) atoms. The van der Waals surface area contributed by atoms with Gasteiger partial charge in [-0.05, 0) is 79.8 Å². The van der Waals surface area contributed by atoms with E-state index in [9.17, 15) is 15.0 Å². The van der Waals surface area contributed by atoms with Crippen LogP contribution < -0.4 is 5.43 Å². The standard InChI is InChI=1S/C43H40ClN6O3/c1-42(2,3)53-41(51)48-25-13-20-35(29-48)50(52)47-40-37-27-31(36-26-30(28-45)21-23-38(36)44)22-24-39(37)49(46-40)43(32-14-7-4-8-15-32,33-16-9-5-10-17-33)34-18-11-6-12-19-34/h4-12,14-19,21-24,26-27,35H,13,20,25,29H2,1-3H3,(H,46,47,52)/q+1/t35-/m1/s1. The van der Waals surface area contributed by atoms with Gasteiger partial charge in [-0.2, -0.15) is 5.26 Å². The van der Waals surface area contributed by atoms with Gasteiger partial charge in [-0.1, -0.05) is 114 Å². The van der Waals surface area contributed by atoms with Crippen molar-refractivity contribution >= 4 is 34.4 Å². The van der Waals surface area contributed by atoms with Crippen LogP contribution in [0, 0.1) is 16.2 Å². The number of anilines is 1. The molecule has 1 aliphatic heterocycles. The van der Waals surface area contributed by atoms with Gasteiger partial charge in [0.25, 0.3) is 6.04 Å². The van der Waals surface area contributed by atoms with Gasteiger partial charge in [0.1, 0.15) is 16.0 Å². The van der Waals surface area contributed by atoms with E-state index in [2.05, 4.69) is 47.9 Å². The molecule has 1 saturated heterocycles. The van der Waals surface area contributed by atoms with Gasteiger partial charge >= 0.3 is 6.09 Å². The lowest BCUT2D eigenvalue weighted by molar-refractivity contribution is -0.560. The Morgan fingerprint density at radius 3 is 2.06 bits per heavy atom. The fraction of sp³-hybridized carbons (Fsp3) is 0.233. The van der Waals surface area contributed by atoms with Crippen LogP contribution >= 0.6 is 11.6 Å². The molecule has 0 saturated carbocycles. The van der Waals surface area contributed by atoms with E-state index in [0.29, 0.717) is 46.7 Å². The maximum Gasteiger partial charge on any atom is 0.410 e. The largest absolute Gasteiger partial charge is 0.444 e. The highest BCUT2D eigenvalue weighted by atomic mass is 35.5. The number of carbonyl (C=O) groups is 1. The first kappa shape index (κ1) is 35.4. The molecule has 5 aromatic carbocycles. The third-order valence-corrected chi connectivity index (χ3v) is 9.90. The number of halogens is 1. The Balaban J connectivity index is 1.42. The molecule has 6 aromatic rings. The molecule has 2 heterocycles. The van der Waals surface area contributed by atoms with Crippen molar-refractivity contribution in [1.29, 1.82) is 5.26 Å². The Morgan fingerprint density at radius 2 is 1.49 bits per heavy atom. The highest BCUT2D eigenvalue weighted by Crippen LogP contribution is 2.44. The number of fused-ring (bicyclic) bond motifs is 1. The Kier molecular flexibility index (Phi) is 9.74. The predicted octanol–water partition coefficient (Wildman–Crippen LogP) is 9.57. The minimum Gasteiger partial charge on any atom is -0.444 e. The normalized spacial score (nSPS) is 14.8. The molecule has 0 aliphatic carbocycles. The highest BCUT2D eigenvalue weighted by molar-refractivity contribution is 6.33. The van der Waals surface area contributed by atoms with Crippen molar-refractivity contribution in [3.8, 4) is 17.2 Å². The number of nitrogens with zero attached hydrogens (tertiary/aromatic N) is 5. The van der Waals surface area contributed by atoms with Crippen molar-refractivity contribution < 1.29 is 14.4 Å². The number of nitrogens with one attached hydrogen (secondary N) is 1. The smallest absolute Gasteiger partial charge is 0.410 e. The van der Waals surface area contributed by atoms with Gasteiger partial charge in [0.05, 0.1) is 34.0 Å². The maximum atomic E-state index is 14.1. The number of aromatic nitrogens is 2. The number of rotatable bonds is 8. The minimum absolute atomic E-state index is 0.202. The number of nitriles is 1. The summed E-state index contributed by atoms with van der Waals surface area (Å²) in [7, 11) is 0. The zero-order chi connectivity index (χ0) is 37.2. The van der Waals surface area contributed by atoms with Crippen LogP contribution in [-0.2, 0) is 10.3 Å². The summed E-state index contributed by atoms with van der Waals surface area (Å²) in [6.45, 7) is 6.19. The number of nitroso groups, excluding NO2 is 1. The van der Waals surface area contributed by atoms with Gasteiger partial charge in [0.2, 0.25) is 5.82 Å². The van der Waals surface area contributed by atoms with Gasteiger partial charge < -0.3 is 9.64 Å². The van der Waals surface area contributed by atoms with Gasteiger partial charge in [-0.3, -0.25) is 0 Å². The molecule has 7 rings (SSSR count). The molecular formula is C43H40ClN6O3+. The first-order valence-electron chi connectivity index (χ1n) is 17.7. The van der Waals surface area contributed by atoms with E-state index in [4.69, 9.17) is 21.4 Å². The third kappa shape index (κ3) is 6.98. The predicted molar refractivity (Wildman–Crippen MR) is 208 cm³/mol. The second-order valence-corrected chi connectivity index (χ2v) is 14.7. The first-order chi connectivity index (χ1) is 25.6. The molecule has 1 N–H and O–H groups in total. The molecule has 1 fully saturated rings. The molecule has 9 nitrogen and oxygen atoms in total. The number of likely N-dealkylation sites (tertiary alicyclic amines) is 1. The summed E-state index contributed by atoms with van der Waals surface area (Å²) in [6, 6.07) is 43.3.